The maximum Gasteiger partial charge on any atom is 0.0744 e. The maximum atomic E-state index is 9.72. The predicted octanol–water partition coefficient (Wildman–Crippen LogP) is -0.253. The first-order valence-corrected chi connectivity index (χ1v) is 4.30. The zero-order chi connectivity index (χ0) is 7.73. The summed E-state index contributed by atoms with van der Waals surface area (Å²) in [6.45, 7) is 3.36. The zero-order valence-electron chi connectivity index (χ0n) is 6.68. The van der Waals surface area contributed by atoms with Crippen molar-refractivity contribution in [3.8, 4) is 0 Å². The van der Waals surface area contributed by atoms with Crippen LogP contribution in [0.5, 0.6) is 0 Å². The third-order valence-electron chi connectivity index (χ3n) is 2.98. The number of β-amino-alcohol motifs (C(OH)–C–C–N with tert-alkyl or cyclic N) is 1. The highest BCUT2D eigenvalue weighted by Crippen LogP contribution is 2.37. The predicted molar refractivity (Wildman–Crippen MR) is 41.4 cm³/mol. The monoisotopic (exact) mass is 157 g/mol. The first-order valence-electron chi connectivity index (χ1n) is 4.30. The molecule has 3 heteroatoms. The molecular formula is C8H15NO2. The lowest BCUT2D eigenvalue weighted by molar-refractivity contribution is -0.00739. The molecule has 2 saturated heterocycles. The highest BCUT2D eigenvalue weighted by molar-refractivity contribution is 4.94. The number of aliphatic hydroxyl groups excluding tert-OH is 1. The summed E-state index contributed by atoms with van der Waals surface area (Å²) in [5.41, 5.74) is 0.102. The SMILES string of the molecule is OC1CNCCC12CCOC2. The van der Waals surface area contributed by atoms with Crippen LogP contribution in [0.3, 0.4) is 0 Å². The van der Waals surface area contributed by atoms with E-state index in [0.29, 0.717) is 0 Å². The van der Waals surface area contributed by atoms with Gasteiger partial charge in [0.25, 0.3) is 0 Å². The topological polar surface area (TPSA) is 41.5 Å². The third-order valence-corrected chi connectivity index (χ3v) is 2.98. The Labute approximate surface area is 66.7 Å². The molecule has 0 bridgehead atoms. The van der Waals surface area contributed by atoms with Crippen molar-refractivity contribution < 1.29 is 9.84 Å². The quantitative estimate of drug-likeness (QED) is 0.509. The van der Waals surface area contributed by atoms with Gasteiger partial charge in [-0.3, -0.25) is 0 Å². The van der Waals surface area contributed by atoms with E-state index in [1.54, 1.807) is 0 Å². The van der Waals surface area contributed by atoms with E-state index >= 15 is 0 Å². The third kappa shape index (κ3) is 1.17. The molecule has 0 aromatic carbocycles. The Hall–Kier alpha value is -0.120. The van der Waals surface area contributed by atoms with Gasteiger partial charge < -0.3 is 15.2 Å². The van der Waals surface area contributed by atoms with Gasteiger partial charge in [-0.05, 0) is 19.4 Å². The molecule has 0 aromatic rings. The van der Waals surface area contributed by atoms with Gasteiger partial charge in [0.2, 0.25) is 0 Å². The van der Waals surface area contributed by atoms with Crippen LogP contribution < -0.4 is 5.32 Å². The summed E-state index contributed by atoms with van der Waals surface area (Å²) in [5, 5.41) is 12.9. The molecule has 0 amide bonds. The molecular weight excluding hydrogens is 142 g/mol. The highest BCUT2D eigenvalue weighted by Gasteiger charge is 2.42. The summed E-state index contributed by atoms with van der Waals surface area (Å²) in [7, 11) is 0. The van der Waals surface area contributed by atoms with Crippen molar-refractivity contribution in [1.29, 1.82) is 0 Å². The molecule has 2 rings (SSSR count). The number of rotatable bonds is 0. The van der Waals surface area contributed by atoms with E-state index in [4.69, 9.17) is 4.74 Å². The average Bonchev–Trinajstić information content (AvgIpc) is 2.46. The molecule has 3 nitrogen and oxygen atoms in total. The van der Waals surface area contributed by atoms with Gasteiger partial charge in [-0.2, -0.15) is 0 Å². The van der Waals surface area contributed by atoms with Crippen LogP contribution in [0.2, 0.25) is 0 Å². The van der Waals surface area contributed by atoms with Gasteiger partial charge in [-0.15, -0.1) is 0 Å². The number of hydrogen-bond acceptors (Lipinski definition) is 3. The largest absolute Gasteiger partial charge is 0.391 e. The second-order valence-corrected chi connectivity index (χ2v) is 3.63. The van der Waals surface area contributed by atoms with E-state index in [9.17, 15) is 5.11 Å². The summed E-state index contributed by atoms with van der Waals surface area (Å²) in [6, 6.07) is 0. The Morgan fingerprint density at radius 1 is 1.45 bits per heavy atom. The van der Waals surface area contributed by atoms with Crippen molar-refractivity contribution in [1.82, 2.24) is 5.32 Å². The van der Waals surface area contributed by atoms with E-state index in [1.165, 1.54) is 0 Å². The number of ether oxygens (including phenoxy) is 1. The molecule has 2 atom stereocenters. The molecule has 0 aromatic heterocycles. The van der Waals surface area contributed by atoms with Gasteiger partial charge in [-0.1, -0.05) is 0 Å². The van der Waals surface area contributed by atoms with Crippen molar-refractivity contribution in [2.24, 2.45) is 5.41 Å². The van der Waals surface area contributed by atoms with Gasteiger partial charge in [0, 0.05) is 18.6 Å². The fourth-order valence-corrected chi connectivity index (χ4v) is 2.04. The molecule has 0 radical (unpaired) electrons. The molecule has 0 saturated carbocycles. The van der Waals surface area contributed by atoms with Crippen LogP contribution in [0, 0.1) is 5.41 Å². The van der Waals surface area contributed by atoms with Gasteiger partial charge in [-0.25, -0.2) is 0 Å². The first kappa shape index (κ1) is 7.53. The Morgan fingerprint density at radius 2 is 2.36 bits per heavy atom. The van der Waals surface area contributed by atoms with Crippen molar-refractivity contribution in [2.45, 2.75) is 18.9 Å². The van der Waals surface area contributed by atoms with Crippen LogP contribution in [0.4, 0.5) is 0 Å². The van der Waals surface area contributed by atoms with E-state index in [1.807, 2.05) is 0 Å². The van der Waals surface area contributed by atoms with E-state index < -0.39 is 0 Å². The van der Waals surface area contributed by atoms with Crippen LogP contribution in [0.1, 0.15) is 12.8 Å². The van der Waals surface area contributed by atoms with Gasteiger partial charge in [0.05, 0.1) is 12.7 Å². The lowest BCUT2D eigenvalue weighted by atomic mass is 9.76. The van der Waals surface area contributed by atoms with Crippen molar-refractivity contribution in [3.05, 3.63) is 0 Å². The lowest BCUT2D eigenvalue weighted by Gasteiger charge is -2.37. The van der Waals surface area contributed by atoms with Gasteiger partial charge >= 0.3 is 0 Å². The molecule has 64 valence electrons. The van der Waals surface area contributed by atoms with Crippen LogP contribution in [0.25, 0.3) is 0 Å². The summed E-state index contributed by atoms with van der Waals surface area (Å²) >= 11 is 0. The standard InChI is InChI=1S/C8H15NO2/c10-7-5-9-3-1-8(7)2-4-11-6-8/h7,9-10H,1-6H2. The first-order chi connectivity index (χ1) is 5.33. The second kappa shape index (κ2) is 2.73. The molecule has 1 spiro atoms. The molecule has 11 heavy (non-hydrogen) atoms. The molecule has 2 N–H and O–H groups in total. The number of aliphatic hydroxyl groups is 1. The maximum absolute atomic E-state index is 9.72. The zero-order valence-corrected chi connectivity index (χ0v) is 6.68. The Balaban J connectivity index is 2.07. The minimum atomic E-state index is -0.196. The molecule has 2 aliphatic rings. The van der Waals surface area contributed by atoms with E-state index in [-0.39, 0.29) is 11.5 Å². The summed E-state index contributed by atoms with van der Waals surface area (Å²) < 4.78 is 5.32. The van der Waals surface area contributed by atoms with E-state index in [2.05, 4.69) is 5.32 Å². The second-order valence-electron chi connectivity index (χ2n) is 3.63. The van der Waals surface area contributed by atoms with Crippen LogP contribution >= 0.6 is 0 Å². The van der Waals surface area contributed by atoms with Crippen LogP contribution in [0.15, 0.2) is 0 Å². The van der Waals surface area contributed by atoms with Crippen molar-refractivity contribution in [3.63, 3.8) is 0 Å². The smallest absolute Gasteiger partial charge is 0.0744 e. The lowest BCUT2D eigenvalue weighted by Crippen LogP contribution is -2.49. The summed E-state index contributed by atoms with van der Waals surface area (Å²) in [6.07, 6.45) is 1.91. The summed E-state index contributed by atoms with van der Waals surface area (Å²) in [5.74, 6) is 0. The van der Waals surface area contributed by atoms with Gasteiger partial charge in [0.1, 0.15) is 0 Å². The highest BCUT2D eigenvalue weighted by atomic mass is 16.5. The Kier molecular flexibility index (Phi) is 1.87. The molecule has 2 fully saturated rings. The number of piperidine rings is 1. The minimum absolute atomic E-state index is 0.102. The Bertz CT molecular complexity index is 143. The van der Waals surface area contributed by atoms with Gasteiger partial charge in [0.15, 0.2) is 0 Å². The normalized spacial score (nSPS) is 45.0. The van der Waals surface area contributed by atoms with Crippen molar-refractivity contribution in [2.75, 3.05) is 26.3 Å². The Morgan fingerprint density at radius 3 is 3.00 bits per heavy atom. The number of nitrogens with one attached hydrogen (secondary N) is 1. The fraction of sp³-hybridized carbons (Fsp3) is 1.00. The molecule has 2 heterocycles. The minimum Gasteiger partial charge on any atom is -0.391 e. The van der Waals surface area contributed by atoms with Crippen LogP contribution in [-0.4, -0.2) is 37.5 Å². The van der Waals surface area contributed by atoms with Crippen LogP contribution in [-0.2, 0) is 4.74 Å². The van der Waals surface area contributed by atoms with Crippen molar-refractivity contribution >= 4 is 0 Å². The summed E-state index contributed by atoms with van der Waals surface area (Å²) in [4.78, 5) is 0. The fourth-order valence-electron chi connectivity index (χ4n) is 2.04. The molecule has 2 aliphatic heterocycles. The number of hydrogen-bond donors (Lipinski definition) is 2. The van der Waals surface area contributed by atoms with E-state index in [0.717, 1.165) is 39.1 Å². The average molecular weight is 157 g/mol. The molecule has 0 aliphatic carbocycles. The molecule has 2 unspecified atom stereocenters.